The van der Waals surface area contributed by atoms with E-state index in [4.69, 9.17) is 0 Å². The molecule has 0 bridgehead atoms. The molecule has 4 nitrogen and oxygen atoms in total. The highest BCUT2D eigenvalue weighted by Crippen LogP contribution is 2.25. The van der Waals surface area contributed by atoms with Crippen molar-refractivity contribution in [1.82, 2.24) is 5.32 Å². The normalized spacial score (nSPS) is 22.4. The van der Waals surface area contributed by atoms with Crippen molar-refractivity contribution in [3.8, 4) is 0 Å². The second kappa shape index (κ2) is 4.98. The maximum Gasteiger partial charge on any atom is 0.224 e. The van der Waals surface area contributed by atoms with Gasteiger partial charge in [-0.2, -0.15) is 0 Å². The zero-order chi connectivity index (χ0) is 12.4. The van der Waals surface area contributed by atoms with Crippen molar-refractivity contribution in [2.24, 2.45) is 5.92 Å². The average molecular weight is 245 g/mol. The molecule has 1 unspecified atom stereocenters. The average Bonchev–Trinajstić information content (AvgIpc) is 2.89. The van der Waals surface area contributed by atoms with Gasteiger partial charge in [0.2, 0.25) is 5.91 Å². The molecule has 96 valence electrons. The number of hydrogen-bond donors (Lipinski definition) is 3. The van der Waals surface area contributed by atoms with Crippen molar-refractivity contribution in [3.63, 3.8) is 0 Å². The van der Waals surface area contributed by atoms with E-state index in [2.05, 4.69) is 22.0 Å². The van der Waals surface area contributed by atoms with Crippen molar-refractivity contribution in [3.05, 3.63) is 23.8 Å². The third-order valence-corrected chi connectivity index (χ3v) is 3.76. The van der Waals surface area contributed by atoms with Crippen LogP contribution in [0.4, 0.5) is 11.4 Å². The minimum atomic E-state index is 0.125. The molecule has 1 amide bonds. The Morgan fingerprint density at radius 1 is 1.33 bits per heavy atom. The molecule has 3 rings (SSSR count). The first-order chi connectivity index (χ1) is 8.81. The van der Waals surface area contributed by atoms with Crippen LogP contribution in [0.1, 0.15) is 18.4 Å². The van der Waals surface area contributed by atoms with E-state index in [9.17, 15) is 4.79 Å². The van der Waals surface area contributed by atoms with Gasteiger partial charge in [-0.1, -0.05) is 0 Å². The van der Waals surface area contributed by atoms with Crippen LogP contribution in [0.25, 0.3) is 0 Å². The molecule has 18 heavy (non-hydrogen) atoms. The lowest BCUT2D eigenvalue weighted by Crippen LogP contribution is -2.20. The minimum Gasteiger partial charge on any atom is -0.385 e. The predicted molar refractivity (Wildman–Crippen MR) is 72.9 cm³/mol. The molecule has 1 saturated heterocycles. The Hall–Kier alpha value is -1.55. The number of aryl methyl sites for hydroxylation is 1. The van der Waals surface area contributed by atoms with Gasteiger partial charge in [0.05, 0.1) is 0 Å². The standard InChI is InChI=1S/C14H19N3O/c18-14-4-1-11-7-12(2-3-13(11)17-14)16-9-10-5-6-15-8-10/h2-3,7,10,15-16H,1,4-6,8-9H2,(H,17,18). The summed E-state index contributed by atoms with van der Waals surface area (Å²) in [6, 6.07) is 6.21. The lowest BCUT2D eigenvalue weighted by atomic mass is 10.0. The van der Waals surface area contributed by atoms with E-state index in [1.807, 2.05) is 12.1 Å². The molecule has 0 aliphatic carbocycles. The van der Waals surface area contributed by atoms with Crippen LogP contribution in [-0.4, -0.2) is 25.5 Å². The second-order valence-electron chi connectivity index (χ2n) is 5.16. The first-order valence-electron chi connectivity index (χ1n) is 6.68. The third-order valence-electron chi connectivity index (χ3n) is 3.76. The molecular formula is C14H19N3O. The Labute approximate surface area is 107 Å². The first-order valence-corrected chi connectivity index (χ1v) is 6.68. The molecule has 4 heteroatoms. The van der Waals surface area contributed by atoms with Crippen LogP contribution in [-0.2, 0) is 11.2 Å². The van der Waals surface area contributed by atoms with Gasteiger partial charge in [0, 0.05) is 24.3 Å². The van der Waals surface area contributed by atoms with Crippen LogP contribution in [0.5, 0.6) is 0 Å². The molecule has 0 spiro atoms. The van der Waals surface area contributed by atoms with E-state index in [0.717, 1.165) is 43.3 Å². The van der Waals surface area contributed by atoms with E-state index < -0.39 is 0 Å². The van der Waals surface area contributed by atoms with Gasteiger partial charge in [-0.3, -0.25) is 4.79 Å². The summed E-state index contributed by atoms with van der Waals surface area (Å²) in [7, 11) is 0. The molecule has 0 aromatic heterocycles. The van der Waals surface area contributed by atoms with Gasteiger partial charge in [0.1, 0.15) is 0 Å². The Kier molecular flexibility index (Phi) is 3.19. The van der Waals surface area contributed by atoms with E-state index in [0.29, 0.717) is 6.42 Å². The number of benzene rings is 1. The molecule has 1 aromatic carbocycles. The molecule has 1 fully saturated rings. The molecule has 2 heterocycles. The molecule has 1 atom stereocenters. The van der Waals surface area contributed by atoms with Crippen molar-refractivity contribution < 1.29 is 4.79 Å². The minimum absolute atomic E-state index is 0.125. The van der Waals surface area contributed by atoms with Gasteiger partial charge in [-0.05, 0) is 55.6 Å². The number of rotatable bonds is 3. The summed E-state index contributed by atoms with van der Waals surface area (Å²) >= 11 is 0. The first kappa shape index (κ1) is 11.5. The quantitative estimate of drug-likeness (QED) is 0.758. The predicted octanol–water partition coefficient (Wildman–Crippen LogP) is 1.59. The fourth-order valence-corrected chi connectivity index (χ4v) is 2.64. The van der Waals surface area contributed by atoms with Gasteiger partial charge < -0.3 is 16.0 Å². The highest BCUT2D eigenvalue weighted by atomic mass is 16.1. The van der Waals surface area contributed by atoms with Gasteiger partial charge in [-0.15, -0.1) is 0 Å². The van der Waals surface area contributed by atoms with Crippen LogP contribution in [0, 0.1) is 5.92 Å². The van der Waals surface area contributed by atoms with Crippen LogP contribution in [0.2, 0.25) is 0 Å². The summed E-state index contributed by atoms with van der Waals surface area (Å²) in [5.41, 5.74) is 3.38. The van der Waals surface area contributed by atoms with E-state index in [-0.39, 0.29) is 5.91 Å². The molecule has 0 saturated carbocycles. The number of fused-ring (bicyclic) bond motifs is 1. The molecule has 2 aliphatic heterocycles. The fourth-order valence-electron chi connectivity index (χ4n) is 2.64. The van der Waals surface area contributed by atoms with Gasteiger partial charge in [0.15, 0.2) is 0 Å². The number of nitrogens with one attached hydrogen (secondary N) is 3. The Bertz CT molecular complexity index is 452. The number of carbonyl (C=O) groups excluding carboxylic acids is 1. The highest BCUT2D eigenvalue weighted by Gasteiger charge is 2.16. The van der Waals surface area contributed by atoms with E-state index in [1.165, 1.54) is 12.0 Å². The Morgan fingerprint density at radius 2 is 2.28 bits per heavy atom. The van der Waals surface area contributed by atoms with Crippen LogP contribution in [0.3, 0.4) is 0 Å². The SMILES string of the molecule is O=C1CCc2cc(NCC3CCNC3)ccc2N1. The molecule has 3 N–H and O–H groups in total. The molecule has 2 aliphatic rings. The third kappa shape index (κ3) is 2.48. The van der Waals surface area contributed by atoms with Crippen molar-refractivity contribution in [2.45, 2.75) is 19.3 Å². The highest BCUT2D eigenvalue weighted by molar-refractivity contribution is 5.94. The fraction of sp³-hybridized carbons (Fsp3) is 0.500. The van der Waals surface area contributed by atoms with Gasteiger partial charge in [-0.25, -0.2) is 0 Å². The van der Waals surface area contributed by atoms with Crippen LogP contribution >= 0.6 is 0 Å². The van der Waals surface area contributed by atoms with Crippen LogP contribution in [0.15, 0.2) is 18.2 Å². The van der Waals surface area contributed by atoms with Crippen molar-refractivity contribution in [2.75, 3.05) is 30.3 Å². The zero-order valence-corrected chi connectivity index (χ0v) is 10.5. The summed E-state index contributed by atoms with van der Waals surface area (Å²) < 4.78 is 0. The Morgan fingerprint density at radius 3 is 3.11 bits per heavy atom. The summed E-state index contributed by atoms with van der Waals surface area (Å²) in [6.07, 6.45) is 2.71. The maximum atomic E-state index is 11.3. The second-order valence-corrected chi connectivity index (χ2v) is 5.16. The summed E-state index contributed by atoms with van der Waals surface area (Å²) in [5, 5.41) is 9.78. The monoisotopic (exact) mass is 245 g/mol. The molecular weight excluding hydrogens is 226 g/mol. The van der Waals surface area contributed by atoms with Crippen molar-refractivity contribution in [1.29, 1.82) is 0 Å². The summed E-state index contributed by atoms with van der Waals surface area (Å²) in [5.74, 6) is 0.862. The van der Waals surface area contributed by atoms with E-state index >= 15 is 0 Å². The zero-order valence-electron chi connectivity index (χ0n) is 10.5. The summed E-state index contributed by atoms with van der Waals surface area (Å²) in [6.45, 7) is 3.29. The summed E-state index contributed by atoms with van der Waals surface area (Å²) in [4.78, 5) is 11.3. The van der Waals surface area contributed by atoms with Gasteiger partial charge >= 0.3 is 0 Å². The number of amides is 1. The maximum absolute atomic E-state index is 11.3. The largest absolute Gasteiger partial charge is 0.385 e. The Balaban J connectivity index is 1.64. The topological polar surface area (TPSA) is 53.2 Å². The number of anilines is 2. The lowest BCUT2D eigenvalue weighted by Gasteiger charge is -2.18. The van der Waals surface area contributed by atoms with Crippen molar-refractivity contribution >= 4 is 17.3 Å². The smallest absolute Gasteiger partial charge is 0.224 e. The van der Waals surface area contributed by atoms with Gasteiger partial charge in [0.25, 0.3) is 0 Å². The van der Waals surface area contributed by atoms with Crippen LogP contribution < -0.4 is 16.0 Å². The molecule has 1 aromatic rings. The number of hydrogen-bond acceptors (Lipinski definition) is 3. The van der Waals surface area contributed by atoms with E-state index in [1.54, 1.807) is 0 Å². The molecule has 0 radical (unpaired) electrons. The lowest BCUT2D eigenvalue weighted by molar-refractivity contribution is -0.116. The number of carbonyl (C=O) groups is 1.